The zero-order valence-electron chi connectivity index (χ0n) is 36.4. The summed E-state index contributed by atoms with van der Waals surface area (Å²) in [6.07, 6.45) is 3.26. The van der Waals surface area contributed by atoms with Crippen LogP contribution in [0.3, 0.4) is 0 Å². The second-order valence-corrected chi connectivity index (χ2v) is 19.7. The molecule has 326 valence electrons. The molecule has 2 amide bonds. The molecule has 0 saturated carbocycles. The monoisotopic (exact) mass is 1060 g/mol. The fourth-order valence-electron chi connectivity index (χ4n) is 10.4. The van der Waals surface area contributed by atoms with Gasteiger partial charge >= 0.3 is 13.7 Å². The van der Waals surface area contributed by atoms with E-state index in [1.54, 1.807) is 0 Å². The smallest absolute Gasteiger partial charge is 0.329 e. The van der Waals surface area contributed by atoms with Crippen molar-refractivity contribution in [2.24, 2.45) is 0 Å². The molecule has 67 heavy (non-hydrogen) atoms. The lowest BCUT2D eigenvalue weighted by Crippen LogP contribution is -2.59. The average molecular weight is 1070 g/mol. The van der Waals surface area contributed by atoms with Crippen LogP contribution in [-0.2, 0) is 14.3 Å². The minimum atomic E-state index is -0.144. The van der Waals surface area contributed by atoms with Crippen molar-refractivity contribution in [2.75, 3.05) is 22.8 Å². The van der Waals surface area contributed by atoms with Crippen molar-refractivity contribution in [2.45, 2.75) is 25.7 Å². The number of imide groups is 1. The average Bonchev–Trinajstić information content (AvgIpc) is 4.07. The zero-order valence-corrected chi connectivity index (χ0v) is 41.2. The highest BCUT2D eigenvalue weighted by molar-refractivity contribution is 9.10. The molecular formula is C56H42B2Br3N3O3. The van der Waals surface area contributed by atoms with Crippen LogP contribution in [0.2, 0.25) is 0 Å². The molecule has 0 atom stereocenters. The van der Waals surface area contributed by atoms with Crippen LogP contribution in [0.1, 0.15) is 25.7 Å². The molecule has 0 N–H and O–H groups in total. The van der Waals surface area contributed by atoms with E-state index in [-0.39, 0.29) is 25.5 Å². The Morgan fingerprint density at radius 1 is 0.388 bits per heavy atom. The molecule has 0 unspecified atom stereocenters. The maximum atomic E-state index is 10.4. The van der Waals surface area contributed by atoms with Gasteiger partial charge in [0.2, 0.25) is 11.8 Å². The van der Waals surface area contributed by atoms with E-state index in [1.807, 2.05) is 0 Å². The Labute approximate surface area is 417 Å². The Bertz CT molecular complexity index is 2930. The van der Waals surface area contributed by atoms with E-state index in [0.29, 0.717) is 12.8 Å². The van der Waals surface area contributed by atoms with Gasteiger partial charge in [0.15, 0.2) is 0 Å². The molecule has 0 aliphatic carbocycles. The fourth-order valence-corrected chi connectivity index (χ4v) is 11.5. The van der Waals surface area contributed by atoms with Gasteiger partial charge in [-0.2, -0.15) is 0 Å². The Balaban J connectivity index is 0.000000117. The van der Waals surface area contributed by atoms with E-state index in [1.165, 1.54) is 102 Å². The third-order valence-corrected chi connectivity index (χ3v) is 15.1. The Morgan fingerprint density at radius 3 is 1.03 bits per heavy atom. The zero-order chi connectivity index (χ0) is 45.6. The van der Waals surface area contributed by atoms with Crippen LogP contribution in [0, 0.1) is 0 Å². The molecule has 6 aliphatic rings. The number of benzene rings is 8. The highest BCUT2D eigenvalue weighted by Gasteiger charge is 2.43. The molecule has 11 heteroatoms. The van der Waals surface area contributed by atoms with Gasteiger partial charge in [-0.25, -0.2) is 3.93 Å². The Kier molecular flexibility index (Phi) is 12.1. The van der Waals surface area contributed by atoms with Gasteiger partial charge in [0.25, 0.3) is 0 Å². The minimum Gasteiger partial charge on any atom is -0.381 e. The number of carbonyl (C=O) groups excluding carboxylic acids is 2. The second-order valence-electron chi connectivity index (χ2n) is 17.1. The topological polar surface area (TPSA) is 53.1 Å². The van der Waals surface area contributed by atoms with Crippen molar-refractivity contribution in [1.29, 1.82) is 0 Å². The summed E-state index contributed by atoms with van der Waals surface area (Å²) in [7, 11) is 0. The SMILES string of the molecule is Brc1ccc2c(c1)-c1ccccc1B1c3ccccc3-c3cc(Br)ccc3N12.C1CCOC1.O=C1CCC(=O)N1Br.c1ccc2c(c1)B1c3ccccc3-c3ccccc3N1c1ccccc1-2. The first kappa shape index (κ1) is 43.6. The molecule has 0 radical (unpaired) electrons. The third-order valence-electron chi connectivity index (χ3n) is 13.3. The molecular weight excluding hydrogens is 1020 g/mol. The molecule has 8 aromatic carbocycles. The standard InChI is InChI=1S/C24H14BBr2N.C24H16BN.C4H4BrNO2.C4H8O/c26-15-9-11-23-19(13-15)17-5-1-3-7-21(17)25-22-8-4-2-6-18(22)20-14-16(27)10-12-24(20)28(23)25;1-5-13-21-17(9-1)19-11-3-7-15-23(19)26-24-16-8-4-12-20(24)18-10-2-6-14-22(18)25(21)26;5-6-3(7)1-2-4(6)8;1-2-4-5-3-1/h1-14H;1-16H;1-2H2;1-4H2. The van der Waals surface area contributed by atoms with Gasteiger partial charge in [0.05, 0.1) is 16.1 Å². The van der Waals surface area contributed by atoms with E-state index >= 15 is 0 Å². The van der Waals surface area contributed by atoms with Crippen LogP contribution in [-0.4, -0.2) is 42.6 Å². The first-order chi connectivity index (χ1) is 32.9. The molecule has 0 aromatic heterocycles. The lowest BCUT2D eigenvalue weighted by molar-refractivity contribution is -0.131. The molecule has 6 nitrogen and oxygen atoms in total. The first-order valence-electron chi connectivity index (χ1n) is 22.7. The Hall–Kier alpha value is -5.97. The molecule has 14 rings (SSSR count). The number of amides is 2. The summed E-state index contributed by atoms with van der Waals surface area (Å²) < 4.78 is 8.13. The van der Waals surface area contributed by atoms with Crippen molar-refractivity contribution in [3.63, 3.8) is 0 Å². The minimum absolute atomic E-state index is 0.144. The number of para-hydroxylation sites is 2. The van der Waals surface area contributed by atoms with Crippen LogP contribution >= 0.6 is 48.0 Å². The maximum Gasteiger partial charge on any atom is 0.329 e. The highest BCUT2D eigenvalue weighted by atomic mass is 79.9. The predicted molar refractivity (Wildman–Crippen MR) is 287 cm³/mol. The van der Waals surface area contributed by atoms with Gasteiger partial charge in [0, 0.05) is 80.0 Å². The third kappa shape index (κ3) is 7.89. The lowest BCUT2D eigenvalue weighted by atomic mass is 9.43. The van der Waals surface area contributed by atoms with Gasteiger partial charge in [-0.1, -0.05) is 165 Å². The number of ether oxygens (including phenoxy) is 1. The summed E-state index contributed by atoms with van der Waals surface area (Å²) in [5.74, 6) is -0.287. The number of fused-ring (bicyclic) bond motifs is 22. The highest BCUT2D eigenvalue weighted by Crippen LogP contribution is 2.48. The van der Waals surface area contributed by atoms with Gasteiger partial charge in [-0.3, -0.25) is 9.59 Å². The van der Waals surface area contributed by atoms with Crippen molar-refractivity contribution < 1.29 is 14.3 Å². The van der Waals surface area contributed by atoms with Crippen LogP contribution in [0.4, 0.5) is 22.7 Å². The summed E-state index contributed by atoms with van der Waals surface area (Å²) in [5, 5.41) is 0. The van der Waals surface area contributed by atoms with Crippen molar-refractivity contribution in [3.8, 4) is 44.5 Å². The van der Waals surface area contributed by atoms with Gasteiger partial charge in [-0.15, -0.1) is 0 Å². The van der Waals surface area contributed by atoms with Crippen LogP contribution in [0.15, 0.2) is 191 Å². The number of hydrogen-bond donors (Lipinski definition) is 0. The molecule has 2 fully saturated rings. The summed E-state index contributed by atoms with van der Waals surface area (Å²) in [4.78, 5) is 25.9. The summed E-state index contributed by atoms with van der Waals surface area (Å²) in [6.45, 7) is 2.39. The second kappa shape index (κ2) is 18.6. The summed E-state index contributed by atoms with van der Waals surface area (Å²) in [5.41, 5.74) is 21.1. The number of halogens is 3. The predicted octanol–water partition coefficient (Wildman–Crippen LogP) is 11.9. The molecule has 6 heterocycles. The summed E-state index contributed by atoms with van der Waals surface area (Å²) >= 11 is 10.1. The van der Waals surface area contributed by atoms with Gasteiger partial charge in [0.1, 0.15) is 0 Å². The van der Waals surface area contributed by atoms with E-state index in [2.05, 4.69) is 240 Å². The van der Waals surface area contributed by atoms with Crippen LogP contribution in [0.25, 0.3) is 44.5 Å². The van der Waals surface area contributed by atoms with E-state index < -0.39 is 0 Å². The fraction of sp³-hybridized carbons (Fsp3) is 0.107. The first-order valence-corrected chi connectivity index (χ1v) is 25.0. The maximum absolute atomic E-state index is 10.4. The van der Waals surface area contributed by atoms with Crippen LogP contribution in [0.5, 0.6) is 0 Å². The number of nitrogens with zero attached hydrogens (tertiary/aromatic N) is 3. The lowest BCUT2D eigenvalue weighted by Gasteiger charge is -2.43. The number of anilines is 4. The Morgan fingerprint density at radius 2 is 0.701 bits per heavy atom. The number of carbonyl (C=O) groups is 2. The van der Waals surface area contributed by atoms with Crippen molar-refractivity contribution in [3.05, 3.63) is 191 Å². The largest absolute Gasteiger partial charge is 0.381 e. The van der Waals surface area contributed by atoms with Crippen LogP contribution < -0.4 is 31.5 Å². The number of hydrogen-bond acceptors (Lipinski definition) is 5. The normalized spacial score (nSPS) is 14.9. The van der Waals surface area contributed by atoms with E-state index in [4.69, 9.17) is 4.74 Å². The molecule has 0 bridgehead atoms. The molecule has 2 saturated heterocycles. The van der Waals surface area contributed by atoms with Gasteiger partial charge < -0.3 is 14.4 Å². The molecule has 0 spiro atoms. The van der Waals surface area contributed by atoms with Crippen molar-refractivity contribution in [1.82, 2.24) is 3.93 Å². The van der Waals surface area contributed by atoms with E-state index in [9.17, 15) is 9.59 Å². The van der Waals surface area contributed by atoms with Gasteiger partial charge in [-0.05, 0) is 105 Å². The molecule has 6 aliphatic heterocycles. The summed E-state index contributed by atoms with van der Waals surface area (Å²) in [6, 6.07) is 66.1. The van der Waals surface area contributed by atoms with E-state index in [0.717, 1.165) is 26.1 Å². The van der Waals surface area contributed by atoms with Crippen molar-refractivity contribution >= 4 is 118 Å². The molecule has 8 aromatic rings. The quantitative estimate of drug-likeness (QED) is 0.0860. The number of rotatable bonds is 0.